The average Bonchev–Trinajstić information content (AvgIpc) is 2.66. The highest BCUT2D eigenvalue weighted by molar-refractivity contribution is 7.89. The summed E-state index contributed by atoms with van der Waals surface area (Å²) in [5.41, 5.74) is 2.69. The average molecular weight is 438 g/mol. The molecule has 10 heteroatoms. The third-order valence-electron chi connectivity index (χ3n) is 4.90. The van der Waals surface area contributed by atoms with Gasteiger partial charge < -0.3 is 5.32 Å². The van der Waals surface area contributed by atoms with Gasteiger partial charge in [-0.15, -0.1) is 0 Å². The molecular weight excluding hydrogens is 414 g/mol. The first-order chi connectivity index (χ1) is 13.6. The van der Waals surface area contributed by atoms with Gasteiger partial charge in [-0.2, -0.15) is 4.31 Å². The second kappa shape index (κ2) is 8.23. The summed E-state index contributed by atoms with van der Waals surface area (Å²) in [7, 11) is -7.30. The predicted molar refractivity (Wildman–Crippen MR) is 109 cm³/mol. The van der Waals surface area contributed by atoms with Gasteiger partial charge in [0.15, 0.2) is 0 Å². The number of rotatable bonds is 6. The summed E-state index contributed by atoms with van der Waals surface area (Å²) in [6.45, 7) is 0.464. The van der Waals surface area contributed by atoms with E-state index < -0.39 is 26.1 Å². The summed E-state index contributed by atoms with van der Waals surface area (Å²) in [6.07, 6.45) is 1.89. The van der Waals surface area contributed by atoms with E-state index in [1.54, 1.807) is 12.1 Å². The van der Waals surface area contributed by atoms with Crippen LogP contribution in [-0.2, 0) is 44.2 Å². The Morgan fingerprint density at radius 2 is 1.69 bits per heavy atom. The molecule has 3 rings (SSSR count). The van der Waals surface area contributed by atoms with Crippen LogP contribution in [0.5, 0.6) is 0 Å². The fraction of sp³-hybridized carbons (Fsp3) is 0.316. The molecule has 0 spiro atoms. The van der Waals surface area contributed by atoms with Crippen molar-refractivity contribution in [3.63, 3.8) is 0 Å². The quantitative estimate of drug-likeness (QED) is 0.675. The van der Waals surface area contributed by atoms with Gasteiger partial charge in [-0.25, -0.2) is 22.0 Å². The molecule has 0 radical (unpaired) electrons. The third kappa shape index (κ3) is 5.21. The van der Waals surface area contributed by atoms with E-state index in [4.69, 9.17) is 5.14 Å². The van der Waals surface area contributed by atoms with Crippen LogP contribution in [-0.4, -0.2) is 45.9 Å². The van der Waals surface area contributed by atoms with Crippen molar-refractivity contribution in [1.82, 2.24) is 9.62 Å². The van der Waals surface area contributed by atoms with Gasteiger partial charge in [0.05, 0.1) is 11.2 Å². The standard InChI is InChI=1S/C19H23N3O5S2/c1-28(24,25)22-13-16-5-3-2-4-15(16)12-18(22)19(23)21-11-10-14-6-8-17(9-7-14)29(20,26)27/h2-9,18H,10-13H2,1H3,(H,21,23)(H2,20,26,27)/t18-/m0/s1. The largest absolute Gasteiger partial charge is 0.354 e. The highest BCUT2D eigenvalue weighted by atomic mass is 32.2. The number of fused-ring (bicyclic) bond motifs is 1. The van der Waals surface area contributed by atoms with Gasteiger partial charge >= 0.3 is 0 Å². The molecule has 0 bridgehead atoms. The van der Waals surface area contributed by atoms with Gasteiger partial charge in [0.25, 0.3) is 0 Å². The van der Waals surface area contributed by atoms with Crippen LogP contribution in [0.25, 0.3) is 0 Å². The smallest absolute Gasteiger partial charge is 0.238 e. The minimum absolute atomic E-state index is 0.0231. The van der Waals surface area contributed by atoms with Crippen LogP contribution in [0, 0.1) is 0 Å². The molecule has 0 aromatic heterocycles. The van der Waals surface area contributed by atoms with Crippen molar-refractivity contribution in [2.24, 2.45) is 5.14 Å². The Bertz CT molecular complexity index is 1110. The number of nitrogens with zero attached hydrogens (tertiary/aromatic N) is 1. The Labute approximate surface area is 170 Å². The van der Waals surface area contributed by atoms with Crippen LogP contribution in [0.1, 0.15) is 16.7 Å². The lowest BCUT2D eigenvalue weighted by molar-refractivity contribution is -0.125. The third-order valence-corrected chi connectivity index (χ3v) is 7.06. The van der Waals surface area contributed by atoms with Crippen molar-refractivity contribution >= 4 is 26.0 Å². The Morgan fingerprint density at radius 3 is 2.28 bits per heavy atom. The van der Waals surface area contributed by atoms with Gasteiger partial charge in [-0.3, -0.25) is 4.79 Å². The molecule has 1 aliphatic heterocycles. The number of nitrogens with one attached hydrogen (secondary N) is 1. The zero-order valence-electron chi connectivity index (χ0n) is 15.9. The van der Waals surface area contributed by atoms with Crippen LogP contribution in [0.15, 0.2) is 53.4 Å². The van der Waals surface area contributed by atoms with Crippen LogP contribution < -0.4 is 10.5 Å². The minimum Gasteiger partial charge on any atom is -0.354 e. The number of carbonyl (C=O) groups excluding carboxylic acids is 1. The second-order valence-electron chi connectivity index (χ2n) is 7.03. The molecule has 3 N–H and O–H groups in total. The Kier molecular flexibility index (Phi) is 6.08. The first kappa shape index (κ1) is 21.4. The Balaban J connectivity index is 1.66. The van der Waals surface area contributed by atoms with Gasteiger partial charge in [0.1, 0.15) is 6.04 Å². The molecule has 1 amide bonds. The Morgan fingerprint density at radius 1 is 1.07 bits per heavy atom. The lowest BCUT2D eigenvalue weighted by atomic mass is 9.95. The molecule has 29 heavy (non-hydrogen) atoms. The van der Waals surface area contributed by atoms with E-state index in [1.165, 1.54) is 16.4 Å². The molecule has 1 atom stereocenters. The van der Waals surface area contributed by atoms with E-state index in [0.717, 1.165) is 22.9 Å². The number of nitrogens with two attached hydrogens (primary N) is 1. The predicted octanol–water partition coefficient (Wildman–Crippen LogP) is 0.379. The second-order valence-corrected chi connectivity index (χ2v) is 10.5. The lowest BCUT2D eigenvalue weighted by Gasteiger charge is -2.34. The first-order valence-electron chi connectivity index (χ1n) is 8.99. The zero-order chi connectivity index (χ0) is 21.2. The maximum Gasteiger partial charge on any atom is 0.238 e. The van der Waals surface area contributed by atoms with Gasteiger partial charge in [-0.05, 0) is 41.7 Å². The summed E-state index contributed by atoms with van der Waals surface area (Å²) >= 11 is 0. The van der Waals surface area contributed by atoms with Crippen molar-refractivity contribution in [1.29, 1.82) is 0 Å². The molecule has 8 nitrogen and oxygen atoms in total. The van der Waals surface area contributed by atoms with Crippen molar-refractivity contribution in [3.05, 3.63) is 65.2 Å². The normalized spacial score (nSPS) is 17.5. The monoisotopic (exact) mass is 437 g/mol. The number of primary sulfonamides is 1. The van der Waals surface area contributed by atoms with Crippen LogP contribution in [0.3, 0.4) is 0 Å². The topological polar surface area (TPSA) is 127 Å². The zero-order valence-corrected chi connectivity index (χ0v) is 17.5. The molecule has 2 aromatic rings. The number of hydrogen-bond acceptors (Lipinski definition) is 5. The molecule has 0 unspecified atom stereocenters. The maximum absolute atomic E-state index is 12.7. The molecule has 0 saturated carbocycles. The van der Waals surface area contributed by atoms with Crippen LogP contribution in [0.4, 0.5) is 0 Å². The number of amides is 1. The van der Waals surface area contributed by atoms with Gasteiger partial charge in [-0.1, -0.05) is 36.4 Å². The molecule has 2 aromatic carbocycles. The fourth-order valence-electron chi connectivity index (χ4n) is 3.36. The van der Waals surface area contributed by atoms with Gasteiger partial charge in [0, 0.05) is 13.1 Å². The highest BCUT2D eigenvalue weighted by Gasteiger charge is 2.36. The molecular formula is C19H23N3O5S2. The molecule has 1 heterocycles. The van der Waals surface area contributed by atoms with E-state index in [9.17, 15) is 21.6 Å². The summed E-state index contributed by atoms with van der Waals surface area (Å²) < 4.78 is 48.2. The van der Waals surface area contributed by atoms with E-state index in [1.807, 2.05) is 24.3 Å². The fourth-order valence-corrected chi connectivity index (χ4v) is 4.89. The maximum atomic E-state index is 12.7. The molecule has 156 valence electrons. The van der Waals surface area contributed by atoms with Gasteiger partial charge in [0.2, 0.25) is 26.0 Å². The van der Waals surface area contributed by atoms with E-state index in [-0.39, 0.29) is 17.3 Å². The van der Waals surface area contributed by atoms with Crippen LogP contribution >= 0.6 is 0 Å². The summed E-state index contributed by atoms with van der Waals surface area (Å²) in [6, 6.07) is 12.8. The van der Waals surface area contributed by atoms with E-state index in [2.05, 4.69) is 5.32 Å². The summed E-state index contributed by atoms with van der Waals surface area (Å²) in [5.74, 6) is -0.355. The van der Waals surface area contributed by atoms with Crippen molar-refractivity contribution in [3.8, 4) is 0 Å². The van der Waals surface area contributed by atoms with Crippen LogP contribution in [0.2, 0.25) is 0 Å². The van der Waals surface area contributed by atoms with Crippen molar-refractivity contribution < 1.29 is 21.6 Å². The number of sulfonamides is 2. The minimum atomic E-state index is -3.74. The van der Waals surface area contributed by atoms with Crippen molar-refractivity contribution in [2.45, 2.75) is 30.3 Å². The van der Waals surface area contributed by atoms with E-state index in [0.29, 0.717) is 19.4 Å². The summed E-state index contributed by atoms with van der Waals surface area (Å²) in [4.78, 5) is 12.8. The van der Waals surface area contributed by atoms with Crippen molar-refractivity contribution in [2.75, 3.05) is 12.8 Å². The Hall–Kier alpha value is -2.27. The first-order valence-corrected chi connectivity index (χ1v) is 12.4. The number of carbonyl (C=O) groups is 1. The lowest BCUT2D eigenvalue weighted by Crippen LogP contribution is -2.52. The molecule has 1 aliphatic rings. The molecule has 0 saturated heterocycles. The summed E-state index contributed by atoms with van der Waals surface area (Å²) in [5, 5.41) is 7.86. The SMILES string of the molecule is CS(=O)(=O)N1Cc2ccccc2C[C@H]1C(=O)NCCc1ccc(S(N)(=O)=O)cc1. The van der Waals surface area contributed by atoms with E-state index >= 15 is 0 Å². The highest BCUT2D eigenvalue weighted by Crippen LogP contribution is 2.25. The molecule has 0 aliphatic carbocycles. The molecule has 0 fully saturated rings. The number of hydrogen-bond donors (Lipinski definition) is 2. The number of benzene rings is 2.